The van der Waals surface area contributed by atoms with Crippen molar-refractivity contribution in [3.63, 3.8) is 0 Å². The van der Waals surface area contributed by atoms with Gasteiger partial charge in [0.05, 0.1) is 5.54 Å². The summed E-state index contributed by atoms with van der Waals surface area (Å²) >= 11 is 0. The molecule has 0 aromatic heterocycles. The van der Waals surface area contributed by atoms with Crippen molar-refractivity contribution in [1.82, 2.24) is 4.90 Å². The number of hydrogen-bond acceptors (Lipinski definition) is 2. The summed E-state index contributed by atoms with van der Waals surface area (Å²) in [4.78, 5) is 13.5. The maximum atomic E-state index is 13.1. The molecule has 0 radical (unpaired) electrons. The van der Waals surface area contributed by atoms with Gasteiger partial charge in [-0.25, -0.2) is 4.39 Å². The highest BCUT2D eigenvalue weighted by atomic mass is 19.1. The van der Waals surface area contributed by atoms with Gasteiger partial charge in [0, 0.05) is 13.6 Å². The van der Waals surface area contributed by atoms with Crippen molar-refractivity contribution in [2.24, 2.45) is 5.73 Å². The van der Waals surface area contributed by atoms with E-state index in [0.717, 1.165) is 18.4 Å². The molecule has 1 saturated carbocycles. The van der Waals surface area contributed by atoms with Gasteiger partial charge in [-0.3, -0.25) is 4.79 Å². The molecule has 2 rings (SSSR count). The molecule has 0 spiro atoms. The molecule has 1 aliphatic rings. The van der Waals surface area contributed by atoms with Crippen LogP contribution in [0, 0.1) is 12.7 Å². The molecule has 1 amide bonds. The van der Waals surface area contributed by atoms with Gasteiger partial charge in [-0.1, -0.05) is 12.1 Å². The fourth-order valence-corrected chi connectivity index (χ4v) is 1.88. The largest absolute Gasteiger partial charge is 0.340 e. The topological polar surface area (TPSA) is 46.3 Å². The van der Waals surface area contributed by atoms with Crippen LogP contribution in [0.25, 0.3) is 0 Å². The van der Waals surface area contributed by atoms with Gasteiger partial charge in [0.15, 0.2) is 0 Å². The Hall–Kier alpha value is -1.42. The maximum Gasteiger partial charge on any atom is 0.242 e. The first kappa shape index (κ1) is 12.0. The predicted molar refractivity (Wildman–Crippen MR) is 63.8 cm³/mol. The van der Waals surface area contributed by atoms with Crippen molar-refractivity contribution in [2.45, 2.75) is 31.8 Å². The van der Waals surface area contributed by atoms with E-state index in [1.54, 1.807) is 31.0 Å². The number of amides is 1. The molecule has 2 N–H and O–H groups in total. The average Bonchev–Trinajstić information content (AvgIpc) is 3.02. The number of hydrogen-bond donors (Lipinski definition) is 1. The zero-order valence-electron chi connectivity index (χ0n) is 10.2. The van der Waals surface area contributed by atoms with Gasteiger partial charge in [-0.05, 0) is 37.0 Å². The van der Waals surface area contributed by atoms with E-state index in [1.807, 2.05) is 0 Å². The molecule has 0 atom stereocenters. The highest BCUT2D eigenvalue weighted by Crippen LogP contribution is 2.34. The lowest BCUT2D eigenvalue weighted by atomic mass is 10.1. The third-order valence-corrected chi connectivity index (χ3v) is 3.20. The van der Waals surface area contributed by atoms with Crippen LogP contribution in [0.2, 0.25) is 0 Å². The Labute approximate surface area is 100 Å². The molecule has 1 aromatic rings. The zero-order chi connectivity index (χ0) is 12.6. The second kappa shape index (κ2) is 4.11. The fourth-order valence-electron chi connectivity index (χ4n) is 1.88. The Bertz CT molecular complexity index is 455. The summed E-state index contributed by atoms with van der Waals surface area (Å²) in [7, 11) is 1.73. The van der Waals surface area contributed by atoms with Crippen LogP contribution >= 0.6 is 0 Å². The lowest BCUT2D eigenvalue weighted by molar-refractivity contribution is -0.132. The Kier molecular flexibility index (Phi) is 2.91. The molecule has 4 heteroatoms. The highest BCUT2D eigenvalue weighted by Gasteiger charge is 2.47. The molecule has 1 aromatic carbocycles. The molecule has 92 valence electrons. The van der Waals surface area contributed by atoms with E-state index in [4.69, 9.17) is 5.73 Å². The molecule has 17 heavy (non-hydrogen) atoms. The lowest BCUT2D eigenvalue weighted by Crippen LogP contribution is -2.43. The van der Waals surface area contributed by atoms with E-state index >= 15 is 0 Å². The number of halogens is 1. The maximum absolute atomic E-state index is 13.1. The normalized spacial score (nSPS) is 16.7. The van der Waals surface area contributed by atoms with E-state index in [0.29, 0.717) is 12.1 Å². The van der Waals surface area contributed by atoms with Crippen LogP contribution in [0.5, 0.6) is 0 Å². The van der Waals surface area contributed by atoms with Crippen LogP contribution in [0.15, 0.2) is 18.2 Å². The number of benzene rings is 1. The van der Waals surface area contributed by atoms with Crippen LogP contribution < -0.4 is 5.73 Å². The van der Waals surface area contributed by atoms with Gasteiger partial charge in [0.25, 0.3) is 0 Å². The third kappa shape index (κ3) is 2.47. The summed E-state index contributed by atoms with van der Waals surface area (Å²) in [6.07, 6.45) is 1.53. The first-order valence-corrected chi connectivity index (χ1v) is 5.72. The van der Waals surface area contributed by atoms with Gasteiger partial charge in [-0.2, -0.15) is 0 Å². The summed E-state index contributed by atoms with van der Waals surface area (Å²) in [5.74, 6) is -0.250. The van der Waals surface area contributed by atoms with Crippen LogP contribution in [-0.4, -0.2) is 23.4 Å². The molecule has 0 saturated heterocycles. The fraction of sp³-hybridized carbons (Fsp3) is 0.462. The van der Waals surface area contributed by atoms with Crippen molar-refractivity contribution in [2.75, 3.05) is 7.05 Å². The van der Waals surface area contributed by atoms with Crippen LogP contribution in [-0.2, 0) is 11.3 Å². The number of aryl methyl sites for hydroxylation is 1. The molecule has 1 fully saturated rings. The number of nitrogens with two attached hydrogens (primary N) is 1. The minimum atomic E-state index is -0.635. The second-order valence-corrected chi connectivity index (χ2v) is 4.90. The number of rotatable bonds is 3. The quantitative estimate of drug-likeness (QED) is 0.866. The Morgan fingerprint density at radius 3 is 2.71 bits per heavy atom. The van der Waals surface area contributed by atoms with Crippen molar-refractivity contribution in [3.8, 4) is 0 Å². The van der Waals surface area contributed by atoms with Crippen molar-refractivity contribution >= 4 is 5.91 Å². The van der Waals surface area contributed by atoms with Gasteiger partial charge in [-0.15, -0.1) is 0 Å². The Balaban J connectivity index is 2.05. The molecule has 0 bridgehead atoms. The summed E-state index contributed by atoms with van der Waals surface area (Å²) in [6, 6.07) is 4.88. The summed E-state index contributed by atoms with van der Waals surface area (Å²) < 4.78 is 13.1. The standard InChI is InChI=1S/C13H17FN2O/c1-9-7-10(3-4-11(9)14)8-16(2)12(17)13(15)5-6-13/h3-4,7H,5-6,8,15H2,1-2H3. The number of carbonyl (C=O) groups is 1. The lowest BCUT2D eigenvalue weighted by Gasteiger charge is -2.21. The highest BCUT2D eigenvalue weighted by molar-refractivity contribution is 5.88. The molecule has 1 aliphatic carbocycles. The SMILES string of the molecule is Cc1cc(CN(C)C(=O)C2(N)CC2)ccc1F. The van der Waals surface area contributed by atoms with Crippen molar-refractivity contribution in [3.05, 3.63) is 35.1 Å². The zero-order valence-corrected chi connectivity index (χ0v) is 10.2. The van der Waals surface area contributed by atoms with Crippen molar-refractivity contribution in [1.29, 1.82) is 0 Å². The first-order chi connectivity index (χ1) is 7.92. The molecule has 0 unspecified atom stereocenters. The van der Waals surface area contributed by atoms with E-state index in [-0.39, 0.29) is 11.7 Å². The first-order valence-electron chi connectivity index (χ1n) is 5.72. The minimum Gasteiger partial charge on any atom is -0.340 e. The molecular formula is C13H17FN2O. The smallest absolute Gasteiger partial charge is 0.242 e. The number of nitrogens with zero attached hydrogens (tertiary/aromatic N) is 1. The van der Waals surface area contributed by atoms with E-state index in [9.17, 15) is 9.18 Å². The summed E-state index contributed by atoms with van der Waals surface area (Å²) in [6.45, 7) is 2.19. The monoisotopic (exact) mass is 236 g/mol. The summed E-state index contributed by atoms with van der Waals surface area (Å²) in [5, 5.41) is 0. The number of likely N-dealkylation sites (N-methyl/N-ethyl adjacent to an activating group) is 1. The van der Waals surface area contributed by atoms with Crippen LogP contribution in [0.3, 0.4) is 0 Å². The molecule has 0 heterocycles. The molecular weight excluding hydrogens is 219 g/mol. The van der Waals surface area contributed by atoms with Crippen LogP contribution in [0.4, 0.5) is 4.39 Å². The second-order valence-electron chi connectivity index (χ2n) is 4.90. The van der Waals surface area contributed by atoms with Crippen molar-refractivity contribution < 1.29 is 9.18 Å². The minimum absolute atomic E-state index is 0.0283. The summed E-state index contributed by atoms with van der Waals surface area (Å²) in [5.41, 5.74) is 6.73. The van der Waals surface area contributed by atoms with Crippen LogP contribution in [0.1, 0.15) is 24.0 Å². The van der Waals surface area contributed by atoms with E-state index < -0.39 is 5.54 Å². The van der Waals surface area contributed by atoms with E-state index in [1.165, 1.54) is 6.07 Å². The van der Waals surface area contributed by atoms with Gasteiger partial charge in [0.2, 0.25) is 5.91 Å². The Morgan fingerprint density at radius 2 is 2.18 bits per heavy atom. The van der Waals surface area contributed by atoms with Gasteiger partial charge >= 0.3 is 0 Å². The third-order valence-electron chi connectivity index (χ3n) is 3.20. The predicted octanol–water partition coefficient (Wildman–Crippen LogP) is 1.58. The Morgan fingerprint density at radius 1 is 1.53 bits per heavy atom. The average molecular weight is 236 g/mol. The van der Waals surface area contributed by atoms with E-state index in [2.05, 4.69) is 0 Å². The molecule has 0 aliphatic heterocycles. The number of carbonyl (C=O) groups excluding carboxylic acids is 1. The molecule has 3 nitrogen and oxygen atoms in total. The van der Waals surface area contributed by atoms with Gasteiger partial charge < -0.3 is 10.6 Å². The van der Waals surface area contributed by atoms with Gasteiger partial charge in [0.1, 0.15) is 5.82 Å².